The van der Waals surface area contributed by atoms with Crippen LogP contribution in [0.15, 0.2) is 24.4 Å². The fraction of sp³-hybridized carbons (Fsp3) is 0.286. The topological polar surface area (TPSA) is 90.1 Å². The summed E-state index contributed by atoms with van der Waals surface area (Å²) in [5, 5.41) is 18.3. The molecule has 0 aliphatic heterocycles. The number of nitrogens with one attached hydrogen (secondary N) is 1. The van der Waals surface area contributed by atoms with Crippen LogP contribution in [0.1, 0.15) is 28.5 Å². The number of hydrogen-bond donors (Lipinski definition) is 1. The maximum atomic E-state index is 12.2. The highest BCUT2D eigenvalue weighted by molar-refractivity contribution is 6.31. The molecule has 0 aliphatic carbocycles. The van der Waals surface area contributed by atoms with Crippen LogP contribution in [0, 0.1) is 17.0 Å². The Morgan fingerprint density at radius 3 is 2.82 bits per heavy atom. The number of hydrogen-bond acceptors (Lipinski definition) is 4. The summed E-state index contributed by atoms with van der Waals surface area (Å²) in [4.78, 5) is 22.6. The van der Waals surface area contributed by atoms with Crippen molar-refractivity contribution in [1.82, 2.24) is 15.1 Å². The van der Waals surface area contributed by atoms with Gasteiger partial charge in [0.25, 0.3) is 11.6 Å². The summed E-state index contributed by atoms with van der Waals surface area (Å²) in [6.07, 6.45) is 1.68. The Kier molecular flexibility index (Phi) is 4.77. The minimum absolute atomic E-state index is 0.0825. The van der Waals surface area contributed by atoms with E-state index in [2.05, 4.69) is 10.4 Å². The zero-order chi connectivity index (χ0) is 16.3. The third-order valence-corrected chi connectivity index (χ3v) is 3.59. The van der Waals surface area contributed by atoms with Crippen LogP contribution < -0.4 is 5.32 Å². The molecule has 2 aromatic rings. The lowest BCUT2D eigenvalue weighted by Crippen LogP contribution is -2.24. The fourth-order valence-corrected chi connectivity index (χ4v) is 2.26. The molecule has 2 rings (SSSR count). The molecule has 0 radical (unpaired) electrons. The van der Waals surface area contributed by atoms with Crippen molar-refractivity contribution < 1.29 is 9.72 Å². The van der Waals surface area contributed by atoms with Gasteiger partial charge in [0.2, 0.25) is 0 Å². The lowest BCUT2D eigenvalue weighted by molar-refractivity contribution is -0.385. The highest BCUT2D eigenvalue weighted by atomic mass is 35.5. The molecular formula is C14H15ClN4O3. The standard InChI is InChI=1S/C14H15ClN4O3/c1-3-18-8-11(15)12(17-18)7-16-14(20)10-5-4-6-13(9(10)2)19(21)22/h4-6,8H,3,7H2,1-2H3,(H,16,20). The van der Waals surface area contributed by atoms with E-state index >= 15 is 0 Å². The van der Waals surface area contributed by atoms with Crippen LogP contribution in [0.5, 0.6) is 0 Å². The number of nitro benzene ring substituents is 1. The van der Waals surface area contributed by atoms with Crippen molar-refractivity contribution in [2.24, 2.45) is 0 Å². The number of aromatic nitrogens is 2. The van der Waals surface area contributed by atoms with Gasteiger partial charge >= 0.3 is 0 Å². The van der Waals surface area contributed by atoms with E-state index in [0.717, 1.165) is 0 Å². The lowest BCUT2D eigenvalue weighted by atomic mass is 10.1. The van der Waals surface area contributed by atoms with Crippen molar-refractivity contribution in [3.63, 3.8) is 0 Å². The van der Waals surface area contributed by atoms with Gasteiger partial charge in [-0.3, -0.25) is 19.6 Å². The molecule has 8 heteroatoms. The lowest BCUT2D eigenvalue weighted by Gasteiger charge is -2.07. The summed E-state index contributed by atoms with van der Waals surface area (Å²) in [5.74, 6) is -0.400. The Morgan fingerprint density at radius 1 is 1.50 bits per heavy atom. The quantitative estimate of drug-likeness (QED) is 0.677. The second-order valence-electron chi connectivity index (χ2n) is 4.67. The van der Waals surface area contributed by atoms with E-state index in [1.807, 2.05) is 6.92 Å². The summed E-state index contributed by atoms with van der Waals surface area (Å²) in [7, 11) is 0. The summed E-state index contributed by atoms with van der Waals surface area (Å²) >= 11 is 6.03. The minimum Gasteiger partial charge on any atom is -0.346 e. The van der Waals surface area contributed by atoms with Gasteiger partial charge in [-0.05, 0) is 19.9 Å². The zero-order valence-corrected chi connectivity index (χ0v) is 12.9. The van der Waals surface area contributed by atoms with Crippen molar-refractivity contribution in [2.45, 2.75) is 26.9 Å². The van der Waals surface area contributed by atoms with Crippen LogP contribution in [0.3, 0.4) is 0 Å². The molecule has 7 nitrogen and oxygen atoms in total. The molecule has 1 heterocycles. The molecule has 0 atom stereocenters. The molecule has 0 bridgehead atoms. The van der Waals surface area contributed by atoms with Crippen molar-refractivity contribution in [3.8, 4) is 0 Å². The Bertz CT molecular complexity index is 727. The van der Waals surface area contributed by atoms with Crippen LogP contribution in [0.2, 0.25) is 5.02 Å². The Labute approximate surface area is 132 Å². The normalized spacial score (nSPS) is 10.5. The van der Waals surface area contributed by atoms with Gasteiger partial charge in [-0.2, -0.15) is 5.10 Å². The van der Waals surface area contributed by atoms with Gasteiger partial charge < -0.3 is 5.32 Å². The molecule has 116 valence electrons. The first-order chi connectivity index (χ1) is 10.4. The van der Waals surface area contributed by atoms with Crippen molar-refractivity contribution in [3.05, 3.63) is 56.4 Å². The summed E-state index contributed by atoms with van der Waals surface area (Å²) in [5.41, 5.74) is 1.07. The molecule has 1 N–H and O–H groups in total. The Hall–Kier alpha value is -2.41. The van der Waals surface area contributed by atoms with E-state index in [1.165, 1.54) is 12.1 Å². The molecule has 0 aliphatic rings. The first kappa shape index (κ1) is 16.0. The van der Waals surface area contributed by atoms with Gasteiger partial charge in [0.1, 0.15) is 5.69 Å². The highest BCUT2D eigenvalue weighted by Gasteiger charge is 2.18. The highest BCUT2D eigenvalue weighted by Crippen LogP contribution is 2.21. The third kappa shape index (κ3) is 3.25. The number of carbonyl (C=O) groups is 1. The van der Waals surface area contributed by atoms with Crippen molar-refractivity contribution in [1.29, 1.82) is 0 Å². The number of amides is 1. The van der Waals surface area contributed by atoms with E-state index in [0.29, 0.717) is 22.8 Å². The number of rotatable bonds is 5. The van der Waals surface area contributed by atoms with E-state index in [9.17, 15) is 14.9 Å². The number of carbonyl (C=O) groups excluding carboxylic acids is 1. The van der Waals surface area contributed by atoms with Gasteiger partial charge in [-0.1, -0.05) is 17.7 Å². The van der Waals surface area contributed by atoms with Crippen LogP contribution in [-0.4, -0.2) is 20.6 Å². The number of aryl methyl sites for hydroxylation is 1. The van der Waals surface area contributed by atoms with E-state index in [4.69, 9.17) is 11.6 Å². The molecule has 0 unspecified atom stereocenters. The predicted octanol–water partition coefficient (Wildman–Crippen LogP) is 2.70. The van der Waals surface area contributed by atoms with Crippen LogP contribution in [0.4, 0.5) is 5.69 Å². The van der Waals surface area contributed by atoms with Gasteiger partial charge in [-0.25, -0.2) is 0 Å². The van der Waals surface area contributed by atoms with Crippen LogP contribution in [0.25, 0.3) is 0 Å². The van der Waals surface area contributed by atoms with Crippen LogP contribution >= 0.6 is 11.6 Å². The van der Waals surface area contributed by atoms with Gasteiger partial charge in [0.05, 0.1) is 16.5 Å². The van der Waals surface area contributed by atoms with Crippen molar-refractivity contribution >= 4 is 23.2 Å². The summed E-state index contributed by atoms with van der Waals surface area (Å²) in [6.45, 7) is 4.31. The summed E-state index contributed by atoms with van der Waals surface area (Å²) in [6, 6.07) is 4.40. The Balaban J connectivity index is 2.14. The molecule has 0 saturated carbocycles. The largest absolute Gasteiger partial charge is 0.346 e. The Morgan fingerprint density at radius 2 is 2.23 bits per heavy atom. The fourth-order valence-electron chi connectivity index (χ4n) is 2.05. The number of benzene rings is 1. The smallest absolute Gasteiger partial charge is 0.273 e. The maximum absolute atomic E-state index is 12.2. The SMILES string of the molecule is CCn1cc(Cl)c(CNC(=O)c2cccc([N+](=O)[O-])c2C)n1. The van der Waals surface area contributed by atoms with Crippen molar-refractivity contribution in [2.75, 3.05) is 0 Å². The molecular weight excluding hydrogens is 308 g/mol. The second kappa shape index (κ2) is 6.57. The van der Waals surface area contributed by atoms with E-state index in [1.54, 1.807) is 23.9 Å². The predicted molar refractivity (Wildman–Crippen MR) is 81.9 cm³/mol. The van der Waals surface area contributed by atoms with E-state index < -0.39 is 10.8 Å². The van der Waals surface area contributed by atoms with Gasteiger partial charge in [-0.15, -0.1) is 0 Å². The van der Waals surface area contributed by atoms with Crippen LogP contribution in [-0.2, 0) is 13.1 Å². The monoisotopic (exact) mass is 322 g/mol. The van der Waals surface area contributed by atoms with Gasteiger partial charge in [0.15, 0.2) is 0 Å². The third-order valence-electron chi connectivity index (χ3n) is 3.27. The van der Waals surface area contributed by atoms with Gasteiger partial charge in [0, 0.05) is 29.9 Å². The average molecular weight is 323 g/mol. The summed E-state index contributed by atoms with van der Waals surface area (Å²) < 4.78 is 1.67. The molecule has 22 heavy (non-hydrogen) atoms. The zero-order valence-electron chi connectivity index (χ0n) is 12.2. The first-order valence-corrected chi connectivity index (χ1v) is 7.05. The molecule has 1 aromatic carbocycles. The minimum atomic E-state index is -0.508. The van der Waals surface area contributed by atoms with E-state index in [-0.39, 0.29) is 17.8 Å². The number of nitro groups is 1. The molecule has 0 saturated heterocycles. The second-order valence-corrected chi connectivity index (χ2v) is 5.08. The number of nitrogens with zero attached hydrogens (tertiary/aromatic N) is 3. The maximum Gasteiger partial charge on any atom is 0.273 e. The first-order valence-electron chi connectivity index (χ1n) is 6.68. The molecule has 0 fully saturated rings. The average Bonchev–Trinajstić information content (AvgIpc) is 2.85. The molecule has 0 spiro atoms. The molecule has 1 aromatic heterocycles. The molecule has 1 amide bonds. The number of halogens is 1.